The van der Waals surface area contributed by atoms with Crippen LogP contribution in [0.25, 0.3) is 33.1 Å². The third-order valence-corrected chi connectivity index (χ3v) is 6.75. The number of nitrogens with zero attached hydrogens (tertiary/aromatic N) is 3. The van der Waals surface area contributed by atoms with E-state index in [-0.39, 0.29) is 0 Å². The van der Waals surface area contributed by atoms with Crippen LogP contribution in [0.4, 0.5) is 5.69 Å². The second kappa shape index (κ2) is 7.76. The highest BCUT2D eigenvalue weighted by atomic mass is 32.2. The van der Waals surface area contributed by atoms with Crippen molar-refractivity contribution in [2.75, 3.05) is 11.6 Å². The minimum atomic E-state index is -3.20. The van der Waals surface area contributed by atoms with Crippen molar-refractivity contribution in [2.24, 2.45) is 7.05 Å². The number of hydrogen-bond acceptors (Lipinski definition) is 5. The Bertz CT molecular complexity index is 1550. The zero-order valence-corrected chi connectivity index (χ0v) is 18.6. The van der Waals surface area contributed by atoms with E-state index in [1.807, 2.05) is 25.2 Å². The number of benzene rings is 3. The predicted octanol–water partition coefficient (Wildman–Crippen LogP) is 4.80. The zero-order chi connectivity index (χ0) is 22.3. The van der Waals surface area contributed by atoms with Crippen molar-refractivity contribution in [3.63, 3.8) is 0 Å². The summed E-state index contributed by atoms with van der Waals surface area (Å²) in [5.74, 6) is 0. The Morgan fingerprint density at radius 2 is 1.72 bits per heavy atom. The third-order valence-electron chi connectivity index (χ3n) is 5.62. The fourth-order valence-corrected chi connectivity index (χ4v) is 4.52. The minimum Gasteiger partial charge on any atom is -0.381 e. The summed E-state index contributed by atoms with van der Waals surface area (Å²) in [4.78, 5) is 9.42. The lowest BCUT2D eigenvalue weighted by atomic mass is 10.0. The largest absolute Gasteiger partial charge is 0.381 e. The summed E-state index contributed by atoms with van der Waals surface area (Å²) >= 11 is 0. The van der Waals surface area contributed by atoms with Gasteiger partial charge >= 0.3 is 0 Å². The molecule has 0 amide bonds. The van der Waals surface area contributed by atoms with Crippen molar-refractivity contribution in [3.05, 3.63) is 84.8 Å². The molecule has 0 saturated carbocycles. The monoisotopic (exact) mass is 442 g/mol. The van der Waals surface area contributed by atoms with E-state index < -0.39 is 9.84 Å². The van der Waals surface area contributed by atoms with E-state index in [1.165, 1.54) is 11.6 Å². The first-order valence-electron chi connectivity index (χ1n) is 10.2. The van der Waals surface area contributed by atoms with Crippen LogP contribution in [0, 0.1) is 0 Å². The van der Waals surface area contributed by atoms with Crippen LogP contribution in [-0.2, 0) is 23.4 Å². The molecule has 2 heterocycles. The van der Waals surface area contributed by atoms with Crippen molar-refractivity contribution < 1.29 is 8.42 Å². The predicted molar refractivity (Wildman–Crippen MR) is 128 cm³/mol. The first kappa shape index (κ1) is 20.2. The number of aromatic nitrogens is 3. The lowest BCUT2D eigenvalue weighted by Gasteiger charge is -2.12. The molecular weight excluding hydrogens is 420 g/mol. The molecule has 5 rings (SSSR count). The summed E-state index contributed by atoms with van der Waals surface area (Å²) in [6.45, 7) is 0.562. The van der Waals surface area contributed by atoms with Crippen LogP contribution < -0.4 is 5.32 Å². The average molecular weight is 443 g/mol. The minimum absolute atomic E-state index is 0.320. The Morgan fingerprint density at radius 1 is 0.938 bits per heavy atom. The lowest BCUT2D eigenvalue weighted by Crippen LogP contribution is -2.02. The van der Waals surface area contributed by atoms with Crippen LogP contribution in [0.5, 0.6) is 0 Å². The number of hydrogen-bond donors (Lipinski definition) is 1. The second-order valence-electron chi connectivity index (χ2n) is 7.92. The van der Waals surface area contributed by atoms with Gasteiger partial charge in [0.1, 0.15) is 0 Å². The van der Waals surface area contributed by atoms with Crippen LogP contribution in [0.1, 0.15) is 5.56 Å². The topological polar surface area (TPSA) is 76.9 Å². The normalized spacial score (nSPS) is 11.8. The van der Waals surface area contributed by atoms with E-state index >= 15 is 0 Å². The molecule has 0 spiro atoms. The maximum Gasteiger partial charge on any atom is 0.175 e. The fraction of sp³-hybridized carbons (Fsp3) is 0.120. The van der Waals surface area contributed by atoms with Gasteiger partial charge in [-0.25, -0.2) is 8.42 Å². The molecule has 0 radical (unpaired) electrons. The standard InChI is InChI=1S/C25H22N4O2S/c1-29-12-9-18-5-6-19(13-24(18)29)22-14-20(15-23-25(22)27-11-10-26-23)28-16-17-3-7-21(8-4-17)32(2,30)31/h3-15,28H,16H2,1-2H3. The Hall–Kier alpha value is -3.71. The number of aryl methyl sites for hydroxylation is 1. The first-order chi connectivity index (χ1) is 15.4. The molecule has 2 aromatic heterocycles. The van der Waals surface area contributed by atoms with E-state index in [2.05, 4.69) is 56.4 Å². The number of anilines is 1. The molecule has 3 aromatic carbocycles. The van der Waals surface area contributed by atoms with E-state index in [4.69, 9.17) is 0 Å². The molecule has 0 unspecified atom stereocenters. The Labute approximate surface area is 186 Å². The molecule has 0 aliphatic carbocycles. The highest BCUT2D eigenvalue weighted by Gasteiger charge is 2.11. The molecule has 32 heavy (non-hydrogen) atoms. The Kier molecular flexibility index (Phi) is 4.90. The van der Waals surface area contributed by atoms with E-state index in [9.17, 15) is 8.42 Å². The molecule has 0 bridgehead atoms. The summed E-state index contributed by atoms with van der Waals surface area (Å²) < 4.78 is 25.5. The summed E-state index contributed by atoms with van der Waals surface area (Å²) in [5.41, 5.74) is 6.81. The molecule has 1 N–H and O–H groups in total. The number of nitrogens with one attached hydrogen (secondary N) is 1. The van der Waals surface area contributed by atoms with Crippen molar-refractivity contribution in [2.45, 2.75) is 11.4 Å². The molecule has 5 aromatic rings. The van der Waals surface area contributed by atoms with Gasteiger partial charge in [-0.2, -0.15) is 0 Å². The van der Waals surface area contributed by atoms with Crippen molar-refractivity contribution in [3.8, 4) is 11.1 Å². The van der Waals surface area contributed by atoms with Gasteiger partial charge in [0.2, 0.25) is 0 Å². The lowest BCUT2D eigenvalue weighted by molar-refractivity contribution is 0.602. The molecule has 0 atom stereocenters. The maximum absolute atomic E-state index is 11.7. The Balaban J connectivity index is 1.51. The summed E-state index contributed by atoms with van der Waals surface area (Å²) in [7, 11) is -1.16. The second-order valence-corrected chi connectivity index (χ2v) is 9.93. The van der Waals surface area contributed by atoms with Gasteiger partial charge in [0.15, 0.2) is 9.84 Å². The van der Waals surface area contributed by atoms with Crippen LogP contribution in [0.15, 0.2) is 84.1 Å². The molecule has 0 aliphatic heterocycles. The number of fused-ring (bicyclic) bond motifs is 2. The summed E-state index contributed by atoms with van der Waals surface area (Å²) in [6.07, 6.45) is 6.67. The molecule has 6 nitrogen and oxygen atoms in total. The zero-order valence-electron chi connectivity index (χ0n) is 17.8. The van der Waals surface area contributed by atoms with Crippen molar-refractivity contribution in [1.29, 1.82) is 0 Å². The fourth-order valence-electron chi connectivity index (χ4n) is 3.89. The van der Waals surface area contributed by atoms with Crippen LogP contribution in [0.2, 0.25) is 0 Å². The molecule has 7 heteroatoms. The Morgan fingerprint density at radius 3 is 2.50 bits per heavy atom. The number of rotatable bonds is 5. The van der Waals surface area contributed by atoms with Gasteiger partial charge in [-0.3, -0.25) is 9.97 Å². The van der Waals surface area contributed by atoms with Crippen LogP contribution in [0.3, 0.4) is 0 Å². The van der Waals surface area contributed by atoms with Crippen LogP contribution in [-0.4, -0.2) is 29.2 Å². The summed E-state index contributed by atoms with van der Waals surface area (Å²) in [5, 5.41) is 4.64. The van der Waals surface area contributed by atoms with Gasteiger partial charge in [0.25, 0.3) is 0 Å². The molecule has 160 valence electrons. The number of sulfone groups is 1. The summed E-state index contributed by atoms with van der Waals surface area (Å²) in [6, 6.07) is 19.5. The molecule has 0 fully saturated rings. The van der Waals surface area contributed by atoms with E-state index in [1.54, 1.807) is 24.5 Å². The van der Waals surface area contributed by atoms with Crippen LogP contribution >= 0.6 is 0 Å². The van der Waals surface area contributed by atoms with Gasteiger partial charge in [0, 0.05) is 55.2 Å². The maximum atomic E-state index is 11.7. The van der Waals surface area contributed by atoms with Crippen molar-refractivity contribution in [1.82, 2.24) is 14.5 Å². The van der Waals surface area contributed by atoms with Gasteiger partial charge in [-0.1, -0.05) is 24.3 Å². The van der Waals surface area contributed by atoms with E-state index in [0.29, 0.717) is 11.4 Å². The van der Waals surface area contributed by atoms with Crippen molar-refractivity contribution >= 4 is 37.5 Å². The van der Waals surface area contributed by atoms with Gasteiger partial charge in [-0.15, -0.1) is 0 Å². The van der Waals surface area contributed by atoms with E-state index in [0.717, 1.165) is 38.9 Å². The van der Waals surface area contributed by atoms with Gasteiger partial charge < -0.3 is 9.88 Å². The quantitative estimate of drug-likeness (QED) is 0.423. The molecular formula is C25H22N4O2S. The molecule has 0 aliphatic rings. The molecule has 0 saturated heterocycles. The van der Waals surface area contributed by atoms with Gasteiger partial charge in [0.05, 0.1) is 15.9 Å². The SMILES string of the molecule is Cn1ccc2ccc(-c3cc(NCc4ccc(S(C)(=O)=O)cc4)cc4nccnc34)cc21. The smallest absolute Gasteiger partial charge is 0.175 e. The average Bonchev–Trinajstić information content (AvgIpc) is 3.17. The highest BCUT2D eigenvalue weighted by Crippen LogP contribution is 2.32. The third kappa shape index (κ3) is 3.83. The van der Waals surface area contributed by atoms with Gasteiger partial charge in [-0.05, 0) is 52.9 Å². The first-order valence-corrected chi connectivity index (χ1v) is 12.1. The highest BCUT2D eigenvalue weighted by molar-refractivity contribution is 7.90.